The number of carbonyl (C=O) groups is 1. The Hall–Kier alpha value is -3.57. The van der Waals surface area contributed by atoms with E-state index in [4.69, 9.17) is 16.6 Å². The first kappa shape index (κ1) is 19.4. The summed E-state index contributed by atoms with van der Waals surface area (Å²) in [6.07, 6.45) is 0. The Balaban J connectivity index is 1.68. The third kappa shape index (κ3) is 3.37. The van der Waals surface area contributed by atoms with Gasteiger partial charge in [-0.15, -0.1) is 0 Å². The van der Waals surface area contributed by atoms with E-state index in [0.29, 0.717) is 16.5 Å². The lowest BCUT2D eigenvalue weighted by Crippen LogP contribution is -2.31. The Morgan fingerprint density at radius 1 is 1.03 bits per heavy atom. The number of benzene rings is 3. The van der Waals surface area contributed by atoms with Crippen molar-refractivity contribution in [1.82, 2.24) is 9.55 Å². The van der Waals surface area contributed by atoms with E-state index in [9.17, 15) is 4.79 Å². The van der Waals surface area contributed by atoms with E-state index >= 15 is 0 Å². The zero-order valence-corrected chi connectivity index (χ0v) is 17.9. The Morgan fingerprint density at radius 3 is 2.61 bits per heavy atom. The van der Waals surface area contributed by atoms with E-state index in [-0.39, 0.29) is 11.9 Å². The quantitative estimate of drug-likeness (QED) is 0.425. The van der Waals surface area contributed by atoms with Gasteiger partial charge in [-0.05, 0) is 55.3 Å². The van der Waals surface area contributed by atoms with Gasteiger partial charge >= 0.3 is 0 Å². The number of nitrogens with zero attached hydrogens (tertiary/aromatic N) is 2. The zero-order valence-electron chi connectivity index (χ0n) is 17.2. The van der Waals surface area contributed by atoms with Gasteiger partial charge < -0.3 is 10.6 Å². The second kappa shape index (κ2) is 7.60. The van der Waals surface area contributed by atoms with Crippen LogP contribution in [0.25, 0.3) is 11.0 Å². The number of hydrogen-bond donors (Lipinski definition) is 2. The smallest absolute Gasteiger partial charge is 0.255 e. The number of halogens is 1. The van der Waals surface area contributed by atoms with Crippen LogP contribution in [0.3, 0.4) is 0 Å². The van der Waals surface area contributed by atoms with Crippen LogP contribution in [-0.4, -0.2) is 15.5 Å². The monoisotopic (exact) mass is 428 g/mol. The minimum atomic E-state index is -0.369. The summed E-state index contributed by atoms with van der Waals surface area (Å²) >= 11 is 6.34. The number of para-hydroxylation sites is 3. The van der Waals surface area contributed by atoms with Gasteiger partial charge in [-0.2, -0.15) is 0 Å². The van der Waals surface area contributed by atoms with Crippen LogP contribution in [0, 0.1) is 6.92 Å². The van der Waals surface area contributed by atoms with Crippen LogP contribution in [0.1, 0.15) is 24.1 Å². The number of aromatic nitrogens is 2. The number of nitrogens with one attached hydrogen (secondary N) is 2. The Bertz CT molecular complexity index is 1350. The fraction of sp³-hybridized carbons (Fsp3) is 0.120. The molecule has 2 N–H and O–H groups in total. The van der Waals surface area contributed by atoms with Crippen molar-refractivity contribution in [3.8, 4) is 0 Å². The van der Waals surface area contributed by atoms with Gasteiger partial charge in [0.1, 0.15) is 0 Å². The van der Waals surface area contributed by atoms with Crippen LogP contribution in [0.5, 0.6) is 0 Å². The molecule has 0 aliphatic carbocycles. The highest BCUT2D eigenvalue weighted by molar-refractivity contribution is 6.30. The molecule has 6 heteroatoms. The average molecular weight is 429 g/mol. The predicted octanol–water partition coefficient (Wildman–Crippen LogP) is 5.93. The van der Waals surface area contributed by atoms with Gasteiger partial charge in [0.2, 0.25) is 5.95 Å². The van der Waals surface area contributed by atoms with Crippen molar-refractivity contribution >= 4 is 40.2 Å². The van der Waals surface area contributed by atoms with Gasteiger partial charge in [0.25, 0.3) is 5.91 Å². The lowest BCUT2D eigenvalue weighted by atomic mass is 9.94. The minimum Gasteiger partial charge on any atom is -0.329 e. The van der Waals surface area contributed by atoms with Gasteiger partial charge in [0, 0.05) is 16.4 Å². The Labute approximate surface area is 185 Å². The van der Waals surface area contributed by atoms with Gasteiger partial charge in [0.05, 0.1) is 22.6 Å². The maximum Gasteiger partial charge on any atom is 0.255 e. The Morgan fingerprint density at radius 2 is 1.81 bits per heavy atom. The number of amides is 1. The summed E-state index contributed by atoms with van der Waals surface area (Å²) in [4.78, 5) is 18.3. The first-order chi connectivity index (χ1) is 15.0. The molecule has 154 valence electrons. The third-order valence-electron chi connectivity index (χ3n) is 5.63. The molecule has 1 atom stereocenters. The highest BCUT2D eigenvalue weighted by atomic mass is 35.5. The van der Waals surface area contributed by atoms with E-state index in [2.05, 4.69) is 15.2 Å². The van der Waals surface area contributed by atoms with Crippen molar-refractivity contribution in [2.75, 3.05) is 10.6 Å². The zero-order chi connectivity index (χ0) is 21.5. The van der Waals surface area contributed by atoms with Crippen molar-refractivity contribution in [2.24, 2.45) is 0 Å². The number of imidazole rings is 1. The van der Waals surface area contributed by atoms with Crippen LogP contribution in [0.4, 0.5) is 11.6 Å². The van der Waals surface area contributed by atoms with Gasteiger partial charge in [-0.3, -0.25) is 9.36 Å². The molecule has 1 unspecified atom stereocenters. The van der Waals surface area contributed by atoms with E-state index in [0.717, 1.165) is 33.5 Å². The summed E-state index contributed by atoms with van der Waals surface area (Å²) in [5.74, 6) is 0.545. The molecule has 1 aliphatic rings. The average Bonchev–Trinajstić information content (AvgIpc) is 3.12. The van der Waals surface area contributed by atoms with E-state index in [1.54, 1.807) is 0 Å². The van der Waals surface area contributed by atoms with Gasteiger partial charge in [0.15, 0.2) is 0 Å². The van der Waals surface area contributed by atoms with Gasteiger partial charge in [-0.1, -0.05) is 54.1 Å². The molecule has 1 amide bonds. The molecule has 0 saturated carbocycles. The summed E-state index contributed by atoms with van der Waals surface area (Å²) in [6.45, 7) is 3.89. The van der Waals surface area contributed by atoms with Crippen LogP contribution in [-0.2, 0) is 4.79 Å². The first-order valence-electron chi connectivity index (χ1n) is 10.1. The molecule has 0 fully saturated rings. The van der Waals surface area contributed by atoms with Crippen molar-refractivity contribution in [2.45, 2.75) is 19.9 Å². The largest absolute Gasteiger partial charge is 0.329 e. The number of hydrogen-bond acceptors (Lipinski definition) is 3. The van der Waals surface area contributed by atoms with E-state index < -0.39 is 0 Å². The normalized spacial score (nSPS) is 15.5. The molecule has 0 bridgehead atoms. The molecule has 3 aromatic carbocycles. The number of carbonyl (C=O) groups excluding carboxylic acids is 1. The molecule has 0 spiro atoms. The fourth-order valence-corrected chi connectivity index (χ4v) is 4.35. The standard InChI is InChI=1S/C25H21ClN4O/c1-15-8-3-4-11-19(15)28-24(31)22-16(2)27-25-29-20-12-5-6-13-21(20)30(25)23(22)17-9-7-10-18(26)14-17/h3-14,23H,1-2H3,(H,27,29)(H,28,31). The lowest BCUT2D eigenvalue weighted by molar-refractivity contribution is -0.113. The van der Waals surface area contributed by atoms with E-state index in [1.807, 2.05) is 86.6 Å². The number of aryl methyl sites for hydroxylation is 1. The van der Waals surface area contributed by atoms with Crippen molar-refractivity contribution in [3.05, 3.63) is 100 Å². The highest BCUT2D eigenvalue weighted by Gasteiger charge is 2.34. The van der Waals surface area contributed by atoms with E-state index in [1.165, 1.54) is 0 Å². The summed E-state index contributed by atoms with van der Waals surface area (Å²) in [7, 11) is 0. The SMILES string of the molecule is CC1=C(C(=O)Nc2ccccc2C)C(c2cccc(Cl)c2)n2c(nc3ccccc32)N1. The summed E-state index contributed by atoms with van der Waals surface area (Å²) in [5, 5.41) is 7.05. The molecule has 31 heavy (non-hydrogen) atoms. The maximum absolute atomic E-state index is 13.6. The third-order valence-corrected chi connectivity index (χ3v) is 5.87. The van der Waals surface area contributed by atoms with Crippen molar-refractivity contribution < 1.29 is 4.79 Å². The van der Waals surface area contributed by atoms with Crippen molar-refractivity contribution in [1.29, 1.82) is 0 Å². The number of rotatable bonds is 3. The number of anilines is 2. The number of allylic oxidation sites excluding steroid dienone is 1. The van der Waals surface area contributed by atoms with Crippen LogP contribution in [0.15, 0.2) is 84.1 Å². The Kier molecular flexibility index (Phi) is 4.75. The summed E-state index contributed by atoms with van der Waals surface area (Å²) in [6, 6.07) is 23.0. The second-order valence-electron chi connectivity index (χ2n) is 7.68. The highest BCUT2D eigenvalue weighted by Crippen LogP contribution is 2.40. The molecule has 0 radical (unpaired) electrons. The molecule has 1 aliphatic heterocycles. The molecule has 5 nitrogen and oxygen atoms in total. The molecule has 1 aromatic heterocycles. The molecule has 2 heterocycles. The second-order valence-corrected chi connectivity index (χ2v) is 8.12. The van der Waals surface area contributed by atoms with Gasteiger partial charge in [-0.25, -0.2) is 4.98 Å². The first-order valence-corrected chi connectivity index (χ1v) is 10.5. The summed E-state index contributed by atoms with van der Waals surface area (Å²) < 4.78 is 2.07. The minimum absolute atomic E-state index is 0.160. The van der Waals surface area contributed by atoms with Crippen LogP contribution < -0.4 is 10.6 Å². The molecular weight excluding hydrogens is 408 g/mol. The molecule has 5 rings (SSSR count). The lowest BCUT2D eigenvalue weighted by Gasteiger charge is -2.31. The fourth-order valence-electron chi connectivity index (χ4n) is 4.15. The predicted molar refractivity (Wildman–Crippen MR) is 125 cm³/mol. The number of fused-ring (bicyclic) bond motifs is 3. The molecule has 0 saturated heterocycles. The van der Waals surface area contributed by atoms with Crippen LogP contribution in [0.2, 0.25) is 5.02 Å². The van der Waals surface area contributed by atoms with Crippen LogP contribution >= 0.6 is 11.6 Å². The summed E-state index contributed by atoms with van der Waals surface area (Å²) in [5.41, 5.74) is 5.92. The van der Waals surface area contributed by atoms with Crippen molar-refractivity contribution in [3.63, 3.8) is 0 Å². The molecule has 4 aromatic rings. The molecular formula is C25H21ClN4O. The maximum atomic E-state index is 13.6. The topological polar surface area (TPSA) is 59.0 Å².